The summed E-state index contributed by atoms with van der Waals surface area (Å²) in [6.45, 7) is 7.43. The minimum absolute atomic E-state index is 0.111. The molecule has 1 heterocycles. The molecule has 174 valence electrons. The molecule has 3 N–H and O–H groups in total. The molecule has 0 aliphatic rings. The van der Waals surface area contributed by atoms with Gasteiger partial charge in [0.05, 0.1) is 12.0 Å². The maximum absolute atomic E-state index is 12.5. The Morgan fingerprint density at radius 3 is 2.50 bits per heavy atom. The molecule has 2 amide bonds. The van der Waals surface area contributed by atoms with Crippen molar-refractivity contribution in [2.24, 2.45) is 0 Å². The van der Waals surface area contributed by atoms with E-state index in [1.54, 1.807) is 39.8 Å². The summed E-state index contributed by atoms with van der Waals surface area (Å²) in [4.78, 5) is 47.1. The number of carboxylic acid groups (broad SMARTS) is 1. The highest BCUT2D eigenvalue weighted by Crippen LogP contribution is 2.23. The van der Waals surface area contributed by atoms with Gasteiger partial charge in [0.2, 0.25) is 5.91 Å². The summed E-state index contributed by atoms with van der Waals surface area (Å²) in [5.41, 5.74) is 0.371. The Hall–Kier alpha value is -3.36. The van der Waals surface area contributed by atoms with Crippen molar-refractivity contribution in [3.05, 3.63) is 39.7 Å². The topological polar surface area (TPSA) is 135 Å². The van der Waals surface area contributed by atoms with Gasteiger partial charge in [0, 0.05) is 30.1 Å². The van der Waals surface area contributed by atoms with Crippen LogP contribution in [0.15, 0.2) is 27.4 Å². The first-order valence-corrected chi connectivity index (χ1v) is 10.5. The fourth-order valence-electron chi connectivity index (χ4n) is 3.13. The third-order valence-corrected chi connectivity index (χ3v) is 4.66. The van der Waals surface area contributed by atoms with Gasteiger partial charge in [-0.25, -0.2) is 9.59 Å². The van der Waals surface area contributed by atoms with Crippen LogP contribution in [-0.4, -0.2) is 35.2 Å². The van der Waals surface area contributed by atoms with Crippen LogP contribution in [0.5, 0.6) is 0 Å². The smallest absolute Gasteiger partial charge is 0.412 e. The number of anilines is 1. The lowest BCUT2D eigenvalue weighted by Crippen LogP contribution is -2.28. The normalized spacial score (nSPS) is 11.2. The number of hydrogen-bond acceptors (Lipinski definition) is 6. The standard InChI is InChI=1S/C23H30N2O7/c1-14-16-10-9-15(25-22(30)32-23(2,3)4)12-18(16)31-21(29)17(14)13-19(26)24-11-7-5-6-8-20(27)28/h9-10,12H,5-8,11,13H2,1-4H3,(H,24,26)(H,25,30)(H,27,28). The predicted molar refractivity (Wildman–Crippen MR) is 120 cm³/mol. The molecular formula is C23H30N2O7. The molecule has 9 heteroatoms. The maximum Gasteiger partial charge on any atom is 0.412 e. The molecule has 0 spiro atoms. The average Bonchev–Trinajstić information content (AvgIpc) is 2.66. The zero-order valence-electron chi connectivity index (χ0n) is 18.9. The second-order valence-corrected chi connectivity index (χ2v) is 8.56. The summed E-state index contributed by atoms with van der Waals surface area (Å²) in [6, 6.07) is 4.92. The highest BCUT2D eigenvalue weighted by Gasteiger charge is 2.18. The molecule has 0 bridgehead atoms. The number of fused-ring (bicyclic) bond motifs is 1. The molecule has 1 aromatic carbocycles. The molecule has 0 fully saturated rings. The molecule has 2 aromatic rings. The number of rotatable bonds is 9. The van der Waals surface area contributed by atoms with Crippen LogP contribution in [0, 0.1) is 6.92 Å². The molecule has 0 aliphatic carbocycles. The fraction of sp³-hybridized carbons (Fsp3) is 0.478. The van der Waals surface area contributed by atoms with Gasteiger partial charge in [0.25, 0.3) is 0 Å². The van der Waals surface area contributed by atoms with Gasteiger partial charge in [-0.15, -0.1) is 0 Å². The van der Waals surface area contributed by atoms with Gasteiger partial charge in [-0.2, -0.15) is 0 Å². The third-order valence-electron chi connectivity index (χ3n) is 4.66. The van der Waals surface area contributed by atoms with Crippen molar-refractivity contribution in [1.82, 2.24) is 5.32 Å². The number of benzene rings is 1. The van der Waals surface area contributed by atoms with Crippen molar-refractivity contribution in [3.63, 3.8) is 0 Å². The molecule has 0 unspecified atom stereocenters. The van der Waals surface area contributed by atoms with Crippen molar-refractivity contribution in [1.29, 1.82) is 0 Å². The Bertz CT molecular complexity index is 1050. The molecule has 1 aromatic heterocycles. The number of ether oxygens (including phenoxy) is 1. The summed E-state index contributed by atoms with van der Waals surface area (Å²) < 4.78 is 10.6. The van der Waals surface area contributed by atoms with Crippen LogP contribution in [0.4, 0.5) is 10.5 Å². The van der Waals surface area contributed by atoms with Crippen LogP contribution in [0.1, 0.15) is 57.6 Å². The number of aryl methyl sites for hydroxylation is 1. The van der Waals surface area contributed by atoms with Gasteiger partial charge in [-0.05, 0) is 58.2 Å². The van der Waals surface area contributed by atoms with Crippen LogP contribution < -0.4 is 16.3 Å². The van der Waals surface area contributed by atoms with E-state index >= 15 is 0 Å². The van der Waals surface area contributed by atoms with Crippen LogP contribution in [-0.2, 0) is 20.7 Å². The van der Waals surface area contributed by atoms with E-state index in [-0.39, 0.29) is 24.3 Å². The molecule has 2 rings (SSSR count). The number of carbonyl (C=O) groups excluding carboxylic acids is 2. The van der Waals surface area contributed by atoms with Gasteiger partial charge in [-0.1, -0.05) is 6.42 Å². The number of aliphatic carboxylic acids is 1. The zero-order valence-corrected chi connectivity index (χ0v) is 18.9. The number of carbonyl (C=O) groups is 3. The number of carboxylic acids is 1. The predicted octanol–water partition coefficient (Wildman–Crippen LogP) is 3.75. The van der Waals surface area contributed by atoms with E-state index in [9.17, 15) is 19.2 Å². The van der Waals surface area contributed by atoms with Gasteiger partial charge in [-0.3, -0.25) is 14.9 Å². The van der Waals surface area contributed by atoms with E-state index in [4.69, 9.17) is 14.3 Å². The molecule has 0 saturated carbocycles. The fourth-order valence-corrected chi connectivity index (χ4v) is 3.13. The summed E-state index contributed by atoms with van der Waals surface area (Å²) in [6.07, 6.45) is 1.30. The van der Waals surface area contributed by atoms with Gasteiger partial charge >= 0.3 is 17.7 Å². The Kier molecular flexibility index (Phi) is 8.40. The van der Waals surface area contributed by atoms with Gasteiger partial charge in [0.1, 0.15) is 11.2 Å². The first kappa shape index (κ1) is 24.9. The monoisotopic (exact) mass is 446 g/mol. The number of nitrogens with one attached hydrogen (secondary N) is 2. The van der Waals surface area contributed by atoms with Crippen LogP contribution in [0.2, 0.25) is 0 Å². The van der Waals surface area contributed by atoms with Gasteiger partial charge in [0.15, 0.2) is 0 Å². The zero-order chi connectivity index (χ0) is 23.9. The summed E-state index contributed by atoms with van der Waals surface area (Å²) in [7, 11) is 0. The minimum Gasteiger partial charge on any atom is -0.481 e. The molecule has 0 atom stereocenters. The second-order valence-electron chi connectivity index (χ2n) is 8.56. The number of hydrogen-bond donors (Lipinski definition) is 3. The lowest BCUT2D eigenvalue weighted by Gasteiger charge is -2.19. The minimum atomic E-state index is -0.833. The quantitative estimate of drug-likeness (QED) is 0.394. The molecule has 0 radical (unpaired) electrons. The van der Waals surface area contributed by atoms with Crippen LogP contribution in [0.3, 0.4) is 0 Å². The Labute approximate surface area is 186 Å². The maximum atomic E-state index is 12.5. The second kappa shape index (κ2) is 10.8. The van der Waals surface area contributed by atoms with Crippen LogP contribution >= 0.6 is 0 Å². The SMILES string of the molecule is Cc1c(CC(=O)NCCCCCC(=O)O)c(=O)oc2cc(NC(=O)OC(C)(C)C)ccc12. The average molecular weight is 447 g/mol. The van der Waals surface area contributed by atoms with Crippen molar-refractivity contribution in [2.45, 2.75) is 65.4 Å². The van der Waals surface area contributed by atoms with Crippen molar-refractivity contribution >= 4 is 34.6 Å². The Morgan fingerprint density at radius 2 is 1.84 bits per heavy atom. The summed E-state index contributed by atoms with van der Waals surface area (Å²) >= 11 is 0. The Morgan fingerprint density at radius 1 is 1.12 bits per heavy atom. The molecule has 9 nitrogen and oxygen atoms in total. The Balaban J connectivity index is 2.03. The lowest BCUT2D eigenvalue weighted by atomic mass is 10.0. The molecule has 0 saturated heterocycles. The molecular weight excluding hydrogens is 416 g/mol. The van der Waals surface area contributed by atoms with E-state index in [0.29, 0.717) is 48.0 Å². The first-order valence-electron chi connectivity index (χ1n) is 10.5. The van der Waals surface area contributed by atoms with Gasteiger partial charge < -0.3 is 19.6 Å². The molecule has 32 heavy (non-hydrogen) atoms. The van der Waals surface area contributed by atoms with E-state index in [1.165, 1.54) is 6.07 Å². The van der Waals surface area contributed by atoms with E-state index in [1.807, 2.05) is 0 Å². The van der Waals surface area contributed by atoms with Crippen LogP contribution in [0.25, 0.3) is 11.0 Å². The lowest BCUT2D eigenvalue weighted by molar-refractivity contribution is -0.137. The largest absolute Gasteiger partial charge is 0.481 e. The highest BCUT2D eigenvalue weighted by atomic mass is 16.6. The number of amides is 2. The summed E-state index contributed by atoms with van der Waals surface area (Å²) in [5.74, 6) is -1.14. The number of unbranched alkanes of at least 4 members (excludes halogenated alkanes) is 2. The van der Waals surface area contributed by atoms with E-state index in [0.717, 1.165) is 0 Å². The molecule has 0 aliphatic heterocycles. The van der Waals surface area contributed by atoms with E-state index in [2.05, 4.69) is 10.6 Å². The van der Waals surface area contributed by atoms with Crippen molar-refractivity contribution in [3.8, 4) is 0 Å². The van der Waals surface area contributed by atoms with E-state index < -0.39 is 23.3 Å². The first-order chi connectivity index (χ1) is 15.0. The third kappa shape index (κ3) is 7.72. The van der Waals surface area contributed by atoms with Crippen molar-refractivity contribution in [2.75, 3.05) is 11.9 Å². The summed E-state index contributed by atoms with van der Waals surface area (Å²) in [5, 5.41) is 14.6. The van der Waals surface area contributed by atoms with Crippen molar-refractivity contribution < 1.29 is 28.6 Å². The highest BCUT2D eigenvalue weighted by molar-refractivity contribution is 5.91.